The van der Waals surface area contributed by atoms with E-state index in [9.17, 15) is 19.5 Å². The summed E-state index contributed by atoms with van der Waals surface area (Å²) in [6, 6.07) is 13.1. The third-order valence-electron chi connectivity index (χ3n) is 5.53. The molecule has 3 aromatic rings. The van der Waals surface area contributed by atoms with Crippen LogP contribution < -0.4 is 10.2 Å². The van der Waals surface area contributed by atoms with Gasteiger partial charge in [-0.05, 0) is 43.3 Å². The van der Waals surface area contributed by atoms with E-state index in [4.69, 9.17) is 16.3 Å². The van der Waals surface area contributed by atoms with Crippen LogP contribution in [0.1, 0.15) is 27.6 Å². The number of benzene rings is 2. The minimum atomic E-state index is -1.10. The zero-order valence-corrected chi connectivity index (χ0v) is 19.2. The number of halogens is 1. The molecule has 0 spiro atoms. The Bertz CT molecular complexity index is 1260. The Morgan fingerprint density at radius 2 is 1.79 bits per heavy atom. The van der Waals surface area contributed by atoms with E-state index in [0.717, 1.165) is 0 Å². The number of carboxylic acid groups (broad SMARTS) is 1. The molecule has 0 bridgehead atoms. The summed E-state index contributed by atoms with van der Waals surface area (Å²) in [5.74, 6) is -0.986. The van der Waals surface area contributed by atoms with Gasteiger partial charge in [0.15, 0.2) is 0 Å². The van der Waals surface area contributed by atoms with Gasteiger partial charge in [-0.2, -0.15) is 0 Å². The maximum Gasteiger partial charge on any atom is 0.409 e. The molecule has 1 aliphatic rings. The van der Waals surface area contributed by atoms with Crippen LogP contribution in [0.2, 0.25) is 5.02 Å². The fourth-order valence-electron chi connectivity index (χ4n) is 3.81. The summed E-state index contributed by atoms with van der Waals surface area (Å²) in [6.45, 7) is 3.98. The molecule has 2 aromatic carbocycles. The van der Waals surface area contributed by atoms with Crippen LogP contribution in [0.5, 0.6) is 0 Å². The number of hydrogen-bond acceptors (Lipinski definition) is 6. The van der Waals surface area contributed by atoms with Gasteiger partial charge in [0.05, 0.1) is 28.3 Å². The Morgan fingerprint density at radius 3 is 2.47 bits per heavy atom. The quantitative estimate of drug-likeness (QED) is 0.562. The molecule has 2 N–H and O–H groups in total. The highest BCUT2D eigenvalue weighted by Crippen LogP contribution is 2.27. The summed E-state index contributed by atoms with van der Waals surface area (Å²) < 4.78 is 5.04. The van der Waals surface area contributed by atoms with Crippen molar-refractivity contribution in [3.63, 3.8) is 0 Å². The van der Waals surface area contributed by atoms with Crippen LogP contribution >= 0.6 is 11.6 Å². The number of nitrogens with zero attached hydrogens (tertiary/aromatic N) is 3. The van der Waals surface area contributed by atoms with Gasteiger partial charge in [0, 0.05) is 37.3 Å². The third kappa shape index (κ3) is 4.89. The second-order valence-corrected chi connectivity index (χ2v) is 8.08. The van der Waals surface area contributed by atoms with Crippen LogP contribution in [-0.4, -0.2) is 65.7 Å². The minimum Gasteiger partial charge on any atom is -0.478 e. The highest BCUT2D eigenvalue weighted by atomic mass is 35.5. The molecule has 34 heavy (non-hydrogen) atoms. The largest absolute Gasteiger partial charge is 0.478 e. The average Bonchev–Trinajstić information content (AvgIpc) is 2.83. The van der Waals surface area contributed by atoms with Crippen molar-refractivity contribution >= 4 is 52.0 Å². The van der Waals surface area contributed by atoms with E-state index in [1.54, 1.807) is 54.3 Å². The van der Waals surface area contributed by atoms with Crippen molar-refractivity contribution in [3.8, 4) is 0 Å². The minimum absolute atomic E-state index is 0.0710. The normalized spacial score (nSPS) is 13.6. The monoisotopic (exact) mass is 482 g/mol. The summed E-state index contributed by atoms with van der Waals surface area (Å²) in [5, 5.41) is 13.3. The number of aromatic nitrogens is 1. The van der Waals surface area contributed by atoms with Gasteiger partial charge in [0.2, 0.25) is 0 Å². The molecule has 1 aromatic heterocycles. The Balaban J connectivity index is 1.58. The second kappa shape index (κ2) is 9.96. The third-order valence-corrected chi connectivity index (χ3v) is 5.86. The zero-order valence-electron chi connectivity index (χ0n) is 18.5. The number of piperazine rings is 1. The van der Waals surface area contributed by atoms with Crippen LogP contribution in [-0.2, 0) is 4.74 Å². The van der Waals surface area contributed by atoms with Crippen LogP contribution in [0, 0.1) is 0 Å². The number of aromatic carboxylic acids is 1. The Kier molecular flexibility index (Phi) is 6.83. The number of nitrogens with one attached hydrogen (secondary N) is 1. The summed E-state index contributed by atoms with van der Waals surface area (Å²) >= 11 is 6.10. The second-order valence-electron chi connectivity index (χ2n) is 7.67. The molecule has 0 radical (unpaired) electrons. The number of hydrogen-bond donors (Lipinski definition) is 2. The van der Waals surface area contributed by atoms with Gasteiger partial charge in [-0.25, -0.2) is 14.6 Å². The van der Waals surface area contributed by atoms with E-state index in [1.807, 2.05) is 4.90 Å². The first-order valence-corrected chi connectivity index (χ1v) is 11.2. The van der Waals surface area contributed by atoms with Gasteiger partial charge in [-0.15, -0.1) is 0 Å². The molecular formula is C24H23ClN4O5. The van der Waals surface area contributed by atoms with Crippen LogP contribution in [0.25, 0.3) is 10.9 Å². The molecule has 0 unspecified atom stereocenters. The lowest BCUT2D eigenvalue weighted by Gasteiger charge is -2.35. The number of anilines is 2. The molecule has 176 valence electrons. The lowest BCUT2D eigenvalue weighted by atomic mass is 10.1. The molecular weight excluding hydrogens is 460 g/mol. The van der Waals surface area contributed by atoms with Crippen molar-refractivity contribution in [2.24, 2.45) is 0 Å². The highest BCUT2D eigenvalue weighted by Gasteiger charge is 2.24. The van der Waals surface area contributed by atoms with Gasteiger partial charge in [0.1, 0.15) is 5.82 Å². The molecule has 0 aliphatic carbocycles. The van der Waals surface area contributed by atoms with Gasteiger partial charge in [-0.1, -0.05) is 23.7 Å². The number of amides is 2. The Morgan fingerprint density at radius 1 is 1.06 bits per heavy atom. The molecule has 1 aliphatic heterocycles. The predicted molar refractivity (Wildman–Crippen MR) is 129 cm³/mol. The molecule has 1 saturated heterocycles. The highest BCUT2D eigenvalue weighted by molar-refractivity contribution is 6.34. The maximum absolute atomic E-state index is 12.6. The predicted octanol–water partition coefficient (Wildman–Crippen LogP) is 4.12. The average molecular weight is 483 g/mol. The summed E-state index contributed by atoms with van der Waals surface area (Å²) in [7, 11) is 0. The molecule has 2 amide bonds. The fourth-order valence-corrected chi connectivity index (χ4v) is 4.03. The smallest absolute Gasteiger partial charge is 0.409 e. The number of carbonyl (C=O) groups excluding carboxylic acids is 2. The standard InChI is InChI=1S/C24H23ClN4O5/c1-2-34-24(33)29-11-9-28(10-12-29)21-14-18(23(31)32)17-13-15(7-8-20(17)27-21)26-22(30)16-5-3-4-6-19(16)25/h3-8,13-14H,2,9-12H2,1H3,(H,26,30)(H,31,32). The van der Waals surface area contributed by atoms with Crippen molar-refractivity contribution in [2.75, 3.05) is 43.0 Å². The first-order valence-electron chi connectivity index (χ1n) is 10.8. The van der Waals surface area contributed by atoms with Gasteiger partial charge in [0.25, 0.3) is 5.91 Å². The molecule has 0 saturated carbocycles. The van der Waals surface area contributed by atoms with E-state index >= 15 is 0 Å². The van der Waals surface area contributed by atoms with Crippen LogP contribution in [0.4, 0.5) is 16.3 Å². The van der Waals surface area contributed by atoms with Crippen molar-refractivity contribution in [2.45, 2.75) is 6.92 Å². The van der Waals surface area contributed by atoms with E-state index in [0.29, 0.717) is 65.8 Å². The Hall–Kier alpha value is -3.85. The topological polar surface area (TPSA) is 112 Å². The van der Waals surface area contributed by atoms with Crippen LogP contribution in [0.3, 0.4) is 0 Å². The number of fused-ring (bicyclic) bond motifs is 1. The van der Waals surface area contributed by atoms with Crippen molar-refractivity contribution in [1.29, 1.82) is 0 Å². The van der Waals surface area contributed by atoms with Gasteiger partial charge in [-0.3, -0.25) is 4.79 Å². The Labute approximate surface area is 200 Å². The van der Waals surface area contributed by atoms with Gasteiger partial charge >= 0.3 is 12.1 Å². The molecule has 0 atom stereocenters. The number of ether oxygens (including phenoxy) is 1. The first kappa shape index (κ1) is 23.3. The molecule has 9 nitrogen and oxygen atoms in total. The SMILES string of the molecule is CCOC(=O)N1CCN(c2cc(C(=O)O)c3cc(NC(=O)c4ccccc4Cl)ccc3n2)CC1. The fraction of sp³-hybridized carbons (Fsp3) is 0.250. The number of carboxylic acids is 1. The molecule has 2 heterocycles. The molecule has 10 heteroatoms. The number of rotatable bonds is 5. The van der Waals surface area contributed by atoms with Crippen molar-refractivity contribution in [3.05, 3.63) is 64.7 Å². The van der Waals surface area contributed by atoms with E-state index in [-0.39, 0.29) is 11.7 Å². The van der Waals surface area contributed by atoms with Crippen molar-refractivity contribution in [1.82, 2.24) is 9.88 Å². The zero-order chi connectivity index (χ0) is 24.2. The molecule has 1 fully saturated rings. The van der Waals surface area contributed by atoms with E-state index in [2.05, 4.69) is 10.3 Å². The lowest BCUT2D eigenvalue weighted by Crippen LogP contribution is -2.49. The summed E-state index contributed by atoms with van der Waals surface area (Å²) in [6.07, 6.45) is -0.355. The van der Waals surface area contributed by atoms with E-state index in [1.165, 1.54) is 6.07 Å². The van der Waals surface area contributed by atoms with E-state index < -0.39 is 11.9 Å². The van der Waals surface area contributed by atoms with Crippen molar-refractivity contribution < 1.29 is 24.2 Å². The van der Waals surface area contributed by atoms with Crippen LogP contribution in [0.15, 0.2) is 48.5 Å². The molecule has 4 rings (SSSR count). The summed E-state index contributed by atoms with van der Waals surface area (Å²) in [4.78, 5) is 44.8. The lowest BCUT2D eigenvalue weighted by molar-refractivity contribution is 0.0698. The first-order chi connectivity index (χ1) is 16.4. The van der Waals surface area contributed by atoms with Gasteiger partial charge < -0.3 is 25.0 Å². The number of carbonyl (C=O) groups is 3. The summed E-state index contributed by atoms with van der Waals surface area (Å²) in [5.41, 5.74) is 1.30. The number of pyridine rings is 1. The maximum atomic E-state index is 12.6.